The van der Waals surface area contributed by atoms with Gasteiger partial charge in [-0.1, -0.05) is 32.1 Å². The minimum Gasteiger partial charge on any atom is -0.481 e. The molecule has 1 aliphatic heterocycles. The number of carbonyl (C=O) groups excluding carboxylic acids is 1. The summed E-state index contributed by atoms with van der Waals surface area (Å²) in [5, 5.41) is 11.9. The number of rotatable bonds is 3. The number of carboxylic acid groups (broad SMARTS) is 1. The zero-order chi connectivity index (χ0) is 13.7. The van der Waals surface area contributed by atoms with Gasteiger partial charge in [0.05, 0.1) is 19.3 Å². The monoisotopic (exact) mass is 269 g/mol. The zero-order valence-electron chi connectivity index (χ0n) is 11.3. The maximum absolute atomic E-state index is 12.2. The largest absolute Gasteiger partial charge is 0.481 e. The van der Waals surface area contributed by atoms with E-state index in [2.05, 4.69) is 5.32 Å². The lowest BCUT2D eigenvalue weighted by atomic mass is 9.90. The van der Waals surface area contributed by atoms with Gasteiger partial charge in [-0.15, -0.1) is 0 Å². The Kier molecular flexibility index (Phi) is 5.19. The van der Waals surface area contributed by atoms with Crippen LogP contribution in [0.2, 0.25) is 0 Å². The molecule has 1 amide bonds. The predicted molar refractivity (Wildman–Crippen MR) is 69.7 cm³/mol. The van der Waals surface area contributed by atoms with Crippen molar-refractivity contribution in [3.8, 4) is 0 Å². The molecule has 0 aromatic carbocycles. The highest BCUT2D eigenvalue weighted by molar-refractivity contribution is 5.80. The Balaban J connectivity index is 1.86. The molecule has 1 saturated carbocycles. The van der Waals surface area contributed by atoms with E-state index in [1.165, 1.54) is 19.3 Å². The molecule has 1 aliphatic carbocycles. The first-order chi connectivity index (χ1) is 9.18. The van der Waals surface area contributed by atoms with Crippen LogP contribution >= 0.6 is 0 Å². The maximum Gasteiger partial charge on any atom is 0.311 e. The SMILES string of the molecule is O=C(NC1COCC1C(=O)O)C1CCCCCCC1. The van der Waals surface area contributed by atoms with E-state index in [-0.39, 0.29) is 24.5 Å². The number of nitrogens with one attached hydrogen (secondary N) is 1. The Morgan fingerprint density at radius 1 is 1.00 bits per heavy atom. The minimum absolute atomic E-state index is 0.0173. The van der Waals surface area contributed by atoms with Crippen LogP contribution in [0.25, 0.3) is 0 Å². The number of hydrogen-bond donors (Lipinski definition) is 2. The highest BCUT2D eigenvalue weighted by Crippen LogP contribution is 2.23. The Hall–Kier alpha value is -1.10. The molecule has 1 heterocycles. The van der Waals surface area contributed by atoms with Crippen molar-refractivity contribution in [2.75, 3.05) is 13.2 Å². The summed E-state index contributed by atoms with van der Waals surface area (Å²) in [5.74, 6) is -1.42. The van der Waals surface area contributed by atoms with E-state index >= 15 is 0 Å². The molecule has 5 nitrogen and oxygen atoms in total. The second-order valence-corrected chi connectivity index (χ2v) is 5.64. The van der Waals surface area contributed by atoms with Crippen LogP contribution in [0.15, 0.2) is 0 Å². The average Bonchev–Trinajstić information content (AvgIpc) is 2.76. The van der Waals surface area contributed by atoms with E-state index in [0.717, 1.165) is 25.7 Å². The molecule has 0 aromatic heterocycles. The molecule has 0 aromatic rings. The van der Waals surface area contributed by atoms with Gasteiger partial charge < -0.3 is 15.2 Å². The summed E-state index contributed by atoms with van der Waals surface area (Å²) in [6.45, 7) is 0.514. The summed E-state index contributed by atoms with van der Waals surface area (Å²) >= 11 is 0. The summed E-state index contributed by atoms with van der Waals surface area (Å²) in [4.78, 5) is 23.3. The average molecular weight is 269 g/mol. The van der Waals surface area contributed by atoms with Gasteiger partial charge in [-0.25, -0.2) is 0 Å². The molecule has 2 N–H and O–H groups in total. The van der Waals surface area contributed by atoms with Crippen molar-refractivity contribution in [3.05, 3.63) is 0 Å². The highest BCUT2D eigenvalue weighted by atomic mass is 16.5. The number of hydrogen-bond acceptors (Lipinski definition) is 3. The Morgan fingerprint density at radius 2 is 1.63 bits per heavy atom. The molecule has 0 spiro atoms. The first-order valence-electron chi connectivity index (χ1n) is 7.29. The fourth-order valence-corrected chi connectivity index (χ4v) is 2.96. The van der Waals surface area contributed by atoms with Crippen molar-refractivity contribution in [3.63, 3.8) is 0 Å². The van der Waals surface area contributed by atoms with Gasteiger partial charge in [0.2, 0.25) is 5.91 Å². The lowest BCUT2D eigenvalue weighted by Gasteiger charge is -2.22. The number of aliphatic carboxylic acids is 1. The molecule has 108 valence electrons. The van der Waals surface area contributed by atoms with Gasteiger partial charge in [-0.3, -0.25) is 9.59 Å². The highest BCUT2D eigenvalue weighted by Gasteiger charge is 2.36. The normalized spacial score (nSPS) is 29.5. The van der Waals surface area contributed by atoms with Crippen LogP contribution < -0.4 is 5.32 Å². The van der Waals surface area contributed by atoms with Crippen LogP contribution in [-0.2, 0) is 14.3 Å². The van der Waals surface area contributed by atoms with Crippen molar-refractivity contribution >= 4 is 11.9 Å². The van der Waals surface area contributed by atoms with Gasteiger partial charge in [-0.2, -0.15) is 0 Å². The first-order valence-corrected chi connectivity index (χ1v) is 7.29. The third-order valence-electron chi connectivity index (χ3n) is 4.20. The molecule has 2 rings (SSSR count). The van der Waals surface area contributed by atoms with Crippen LogP contribution in [0, 0.1) is 11.8 Å². The van der Waals surface area contributed by atoms with Crippen molar-refractivity contribution in [2.45, 2.75) is 51.0 Å². The van der Waals surface area contributed by atoms with E-state index in [1.54, 1.807) is 0 Å². The van der Waals surface area contributed by atoms with Gasteiger partial charge in [0, 0.05) is 5.92 Å². The summed E-state index contributed by atoms with van der Waals surface area (Å²) in [7, 11) is 0. The first kappa shape index (κ1) is 14.3. The van der Waals surface area contributed by atoms with Crippen LogP contribution in [0.1, 0.15) is 44.9 Å². The summed E-state index contributed by atoms with van der Waals surface area (Å²) < 4.78 is 5.17. The second-order valence-electron chi connectivity index (χ2n) is 5.64. The van der Waals surface area contributed by atoms with Crippen LogP contribution in [0.3, 0.4) is 0 Å². The van der Waals surface area contributed by atoms with Crippen molar-refractivity contribution in [1.29, 1.82) is 0 Å². The van der Waals surface area contributed by atoms with Gasteiger partial charge in [0.25, 0.3) is 0 Å². The van der Waals surface area contributed by atoms with Crippen LogP contribution in [0.5, 0.6) is 0 Å². The fraction of sp³-hybridized carbons (Fsp3) is 0.857. The van der Waals surface area contributed by atoms with Gasteiger partial charge in [0.1, 0.15) is 5.92 Å². The van der Waals surface area contributed by atoms with E-state index < -0.39 is 11.9 Å². The van der Waals surface area contributed by atoms with Crippen molar-refractivity contribution < 1.29 is 19.4 Å². The Morgan fingerprint density at radius 3 is 2.26 bits per heavy atom. The van der Waals surface area contributed by atoms with E-state index in [0.29, 0.717) is 6.61 Å². The predicted octanol–water partition coefficient (Wildman–Crippen LogP) is 1.56. The van der Waals surface area contributed by atoms with E-state index in [1.807, 2.05) is 0 Å². The Labute approximate surface area is 113 Å². The van der Waals surface area contributed by atoms with Gasteiger partial charge >= 0.3 is 5.97 Å². The molecule has 2 unspecified atom stereocenters. The lowest BCUT2D eigenvalue weighted by molar-refractivity contribution is -0.142. The number of carboxylic acids is 1. The van der Waals surface area contributed by atoms with Crippen molar-refractivity contribution in [2.24, 2.45) is 11.8 Å². The summed E-state index contributed by atoms with van der Waals surface area (Å²) in [5.41, 5.74) is 0. The quantitative estimate of drug-likeness (QED) is 0.815. The van der Waals surface area contributed by atoms with Crippen LogP contribution in [-0.4, -0.2) is 36.2 Å². The molecule has 0 bridgehead atoms. The topological polar surface area (TPSA) is 75.6 Å². The number of ether oxygens (including phenoxy) is 1. The summed E-state index contributed by atoms with van der Waals surface area (Å²) in [6, 6.07) is -0.365. The molecule has 5 heteroatoms. The molecule has 19 heavy (non-hydrogen) atoms. The van der Waals surface area contributed by atoms with E-state index in [4.69, 9.17) is 9.84 Å². The zero-order valence-corrected chi connectivity index (χ0v) is 11.3. The molecular weight excluding hydrogens is 246 g/mol. The minimum atomic E-state index is -0.888. The smallest absolute Gasteiger partial charge is 0.311 e. The molecular formula is C14H23NO4. The summed E-state index contributed by atoms with van der Waals surface area (Å²) in [6.07, 6.45) is 7.73. The standard InChI is InChI=1S/C14H23NO4/c16-13(10-6-4-2-1-3-5-7-10)15-12-9-19-8-11(12)14(17)18/h10-12H,1-9H2,(H,15,16)(H,17,18). The van der Waals surface area contributed by atoms with Crippen molar-refractivity contribution in [1.82, 2.24) is 5.32 Å². The molecule has 1 saturated heterocycles. The van der Waals surface area contributed by atoms with Crippen LogP contribution in [0.4, 0.5) is 0 Å². The third kappa shape index (κ3) is 3.93. The fourth-order valence-electron chi connectivity index (χ4n) is 2.96. The van der Waals surface area contributed by atoms with Gasteiger partial charge in [-0.05, 0) is 12.8 Å². The van der Waals surface area contributed by atoms with Gasteiger partial charge in [0.15, 0.2) is 0 Å². The Bertz CT molecular complexity index is 323. The molecule has 2 fully saturated rings. The lowest BCUT2D eigenvalue weighted by Crippen LogP contribution is -2.45. The van der Waals surface area contributed by atoms with E-state index in [9.17, 15) is 9.59 Å². The second kappa shape index (κ2) is 6.89. The molecule has 2 aliphatic rings. The number of carbonyl (C=O) groups is 2. The number of amides is 1. The maximum atomic E-state index is 12.2. The molecule has 0 radical (unpaired) electrons. The third-order valence-corrected chi connectivity index (χ3v) is 4.20. The molecule has 2 atom stereocenters.